The van der Waals surface area contributed by atoms with E-state index in [-0.39, 0.29) is 11.7 Å². The van der Waals surface area contributed by atoms with Gasteiger partial charge in [-0.2, -0.15) is 5.10 Å². The molecule has 1 heterocycles. The number of carbonyl (C=O) groups is 1. The zero-order valence-corrected chi connectivity index (χ0v) is 18.8. The Labute approximate surface area is 188 Å². The number of nitrogens with one attached hydrogen (secondary N) is 1. The van der Waals surface area contributed by atoms with Gasteiger partial charge in [0.2, 0.25) is 0 Å². The van der Waals surface area contributed by atoms with Crippen LogP contribution in [0.4, 0.5) is 0 Å². The lowest BCUT2D eigenvalue weighted by Gasteiger charge is -2.09. The highest BCUT2D eigenvalue weighted by Crippen LogP contribution is 2.29. The summed E-state index contributed by atoms with van der Waals surface area (Å²) in [6.07, 6.45) is 1.56. The fraction of sp³-hybridized carbons (Fsp3) is 0.190. The van der Waals surface area contributed by atoms with Crippen molar-refractivity contribution in [3.8, 4) is 22.8 Å². The number of hydrogen-bond donors (Lipinski definition) is 1. The van der Waals surface area contributed by atoms with Crippen molar-refractivity contribution >= 4 is 46.8 Å². The molecule has 3 aromatic rings. The molecule has 0 saturated heterocycles. The zero-order chi connectivity index (χ0) is 21.3. The highest BCUT2D eigenvalue weighted by Gasteiger charge is 2.08. The molecule has 2 aromatic carbocycles. The highest BCUT2D eigenvalue weighted by molar-refractivity contribution is 8.01. The van der Waals surface area contributed by atoms with E-state index in [1.54, 1.807) is 19.4 Å². The summed E-state index contributed by atoms with van der Waals surface area (Å²) in [5, 5.41) is 6.65. The molecule has 9 heteroatoms. The molecule has 1 amide bonds. The van der Waals surface area contributed by atoms with Crippen molar-refractivity contribution in [1.29, 1.82) is 0 Å². The van der Waals surface area contributed by atoms with Gasteiger partial charge in [0.05, 0.1) is 31.4 Å². The number of benzene rings is 2. The third kappa shape index (κ3) is 6.22. The van der Waals surface area contributed by atoms with Gasteiger partial charge in [0.1, 0.15) is 0 Å². The van der Waals surface area contributed by atoms with E-state index in [1.807, 2.05) is 48.7 Å². The van der Waals surface area contributed by atoms with Crippen molar-refractivity contribution < 1.29 is 14.3 Å². The molecular weight excluding hydrogens is 442 g/mol. The van der Waals surface area contributed by atoms with Gasteiger partial charge in [0.25, 0.3) is 5.91 Å². The minimum absolute atomic E-state index is 0.211. The van der Waals surface area contributed by atoms with Crippen LogP contribution in [-0.2, 0) is 4.79 Å². The van der Waals surface area contributed by atoms with Crippen LogP contribution < -0.4 is 14.9 Å². The van der Waals surface area contributed by atoms with E-state index in [9.17, 15) is 4.79 Å². The first-order chi connectivity index (χ1) is 14.6. The van der Waals surface area contributed by atoms with E-state index in [0.29, 0.717) is 23.1 Å². The summed E-state index contributed by atoms with van der Waals surface area (Å²) in [5.74, 6) is 1.29. The first-order valence-electron chi connectivity index (χ1n) is 9.06. The molecule has 6 nitrogen and oxygen atoms in total. The fourth-order valence-electron chi connectivity index (χ4n) is 2.45. The standard InChI is InChI=1S/C21H20ClN3O3S2/c1-3-28-18-9-4-14(10-19(18)27-2)11-23-25-20(26)13-30-21-24-17(12-29-21)15-5-7-16(22)8-6-15/h4-12H,3,13H2,1-2H3,(H,25,26)/b23-11+. The maximum absolute atomic E-state index is 12.1. The van der Waals surface area contributed by atoms with Crippen LogP contribution in [0.1, 0.15) is 12.5 Å². The van der Waals surface area contributed by atoms with Gasteiger partial charge in [0.15, 0.2) is 15.8 Å². The number of aromatic nitrogens is 1. The Morgan fingerprint density at radius 1 is 1.27 bits per heavy atom. The van der Waals surface area contributed by atoms with E-state index in [0.717, 1.165) is 21.2 Å². The lowest BCUT2D eigenvalue weighted by atomic mass is 10.2. The van der Waals surface area contributed by atoms with Crippen molar-refractivity contribution in [1.82, 2.24) is 10.4 Å². The van der Waals surface area contributed by atoms with E-state index in [2.05, 4.69) is 15.5 Å². The predicted octanol–water partition coefficient (Wildman–Crippen LogP) is 5.11. The van der Waals surface area contributed by atoms with Crippen molar-refractivity contribution in [3.05, 3.63) is 58.4 Å². The second kappa shape index (κ2) is 11.0. The zero-order valence-electron chi connectivity index (χ0n) is 16.4. The van der Waals surface area contributed by atoms with Gasteiger partial charge in [-0.1, -0.05) is 35.5 Å². The average Bonchev–Trinajstić information content (AvgIpc) is 3.23. The molecule has 0 aliphatic carbocycles. The predicted molar refractivity (Wildman–Crippen MR) is 123 cm³/mol. The molecule has 1 N–H and O–H groups in total. The smallest absolute Gasteiger partial charge is 0.250 e. The van der Waals surface area contributed by atoms with E-state index >= 15 is 0 Å². The van der Waals surface area contributed by atoms with Crippen LogP contribution in [0.2, 0.25) is 5.02 Å². The Bertz CT molecular complexity index is 1020. The number of nitrogens with zero attached hydrogens (tertiary/aromatic N) is 2. The van der Waals surface area contributed by atoms with E-state index in [4.69, 9.17) is 21.1 Å². The number of rotatable bonds is 9. The monoisotopic (exact) mass is 461 g/mol. The Morgan fingerprint density at radius 3 is 2.80 bits per heavy atom. The molecule has 0 aliphatic heterocycles. The highest BCUT2D eigenvalue weighted by atomic mass is 35.5. The second-order valence-electron chi connectivity index (χ2n) is 5.93. The van der Waals surface area contributed by atoms with Crippen LogP contribution >= 0.6 is 34.7 Å². The summed E-state index contributed by atoms with van der Waals surface area (Å²) >= 11 is 8.78. The normalized spacial score (nSPS) is 10.9. The minimum Gasteiger partial charge on any atom is -0.493 e. The first-order valence-corrected chi connectivity index (χ1v) is 11.3. The van der Waals surface area contributed by atoms with Crippen molar-refractivity contribution in [2.45, 2.75) is 11.3 Å². The maximum atomic E-state index is 12.1. The minimum atomic E-state index is -0.211. The molecule has 30 heavy (non-hydrogen) atoms. The number of amides is 1. The number of hydrazone groups is 1. The van der Waals surface area contributed by atoms with Gasteiger partial charge < -0.3 is 9.47 Å². The summed E-state index contributed by atoms with van der Waals surface area (Å²) in [7, 11) is 1.58. The molecule has 0 atom stereocenters. The number of methoxy groups -OCH3 is 1. The van der Waals surface area contributed by atoms with Gasteiger partial charge in [-0.3, -0.25) is 4.79 Å². The topological polar surface area (TPSA) is 72.8 Å². The molecular formula is C21H20ClN3O3S2. The third-order valence-electron chi connectivity index (χ3n) is 3.84. The summed E-state index contributed by atoms with van der Waals surface area (Å²) < 4.78 is 11.6. The third-order valence-corrected chi connectivity index (χ3v) is 6.11. The van der Waals surface area contributed by atoms with Gasteiger partial charge in [-0.25, -0.2) is 10.4 Å². The van der Waals surface area contributed by atoms with Crippen LogP contribution in [0.5, 0.6) is 11.5 Å². The number of thiazole rings is 1. The molecule has 0 unspecified atom stereocenters. The number of thioether (sulfide) groups is 1. The van der Waals surface area contributed by atoms with Gasteiger partial charge in [-0.05, 0) is 42.8 Å². The van der Waals surface area contributed by atoms with Crippen LogP contribution in [0.25, 0.3) is 11.3 Å². The Balaban J connectivity index is 1.50. The maximum Gasteiger partial charge on any atom is 0.250 e. The lowest BCUT2D eigenvalue weighted by Crippen LogP contribution is -2.19. The van der Waals surface area contributed by atoms with E-state index in [1.165, 1.54) is 23.1 Å². The van der Waals surface area contributed by atoms with E-state index < -0.39 is 0 Å². The Morgan fingerprint density at radius 2 is 2.07 bits per heavy atom. The van der Waals surface area contributed by atoms with Gasteiger partial charge in [-0.15, -0.1) is 11.3 Å². The van der Waals surface area contributed by atoms with Crippen molar-refractivity contribution in [3.63, 3.8) is 0 Å². The van der Waals surface area contributed by atoms with Crippen LogP contribution in [0, 0.1) is 0 Å². The van der Waals surface area contributed by atoms with Gasteiger partial charge >= 0.3 is 0 Å². The summed E-state index contributed by atoms with van der Waals surface area (Å²) in [5.41, 5.74) is 5.16. The molecule has 3 rings (SSSR count). The molecule has 156 valence electrons. The average molecular weight is 462 g/mol. The fourth-order valence-corrected chi connectivity index (χ4v) is 4.21. The molecule has 0 bridgehead atoms. The SMILES string of the molecule is CCOc1ccc(/C=N/NC(=O)CSc2nc(-c3ccc(Cl)cc3)cs2)cc1OC. The second-order valence-corrected chi connectivity index (χ2v) is 8.45. The Kier molecular flexibility index (Phi) is 8.12. The summed E-state index contributed by atoms with van der Waals surface area (Å²) in [6.45, 7) is 2.46. The Hall–Kier alpha value is -2.55. The molecule has 0 radical (unpaired) electrons. The molecule has 0 aliphatic rings. The largest absolute Gasteiger partial charge is 0.493 e. The molecule has 0 saturated carbocycles. The lowest BCUT2D eigenvalue weighted by molar-refractivity contribution is -0.118. The van der Waals surface area contributed by atoms with Gasteiger partial charge in [0, 0.05) is 16.0 Å². The summed E-state index contributed by atoms with van der Waals surface area (Å²) in [6, 6.07) is 12.9. The molecule has 0 fully saturated rings. The van der Waals surface area contributed by atoms with Crippen molar-refractivity contribution in [2.75, 3.05) is 19.5 Å². The van der Waals surface area contributed by atoms with Crippen LogP contribution in [-0.4, -0.2) is 36.6 Å². The summed E-state index contributed by atoms with van der Waals surface area (Å²) in [4.78, 5) is 16.6. The first kappa shape index (κ1) is 22.1. The molecule has 0 spiro atoms. The van der Waals surface area contributed by atoms with Crippen LogP contribution in [0.3, 0.4) is 0 Å². The van der Waals surface area contributed by atoms with Crippen LogP contribution in [0.15, 0.2) is 57.3 Å². The molecule has 1 aromatic heterocycles. The quantitative estimate of drug-likeness (QED) is 0.272. The number of ether oxygens (including phenoxy) is 2. The van der Waals surface area contributed by atoms with Crippen molar-refractivity contribution in [2.24, 2.45) is 5.10 Å². The number of hydrogen-bond acceptors (Lipinski definition) is 7. The number of carbonyl (C=O) groups excluding carboxylic acids is 1. The number of halogens is 1.